The molecule has 2 aliphatic rings. The van der Waals surface area contributed by atoms with Crippen molar-refractivity contribution in [2.45, 2.75) is 26.2 Å². The Labute approximate surface area is 134 Å². The Bertz CT molecular complexity index is 438. The molecule has 2 saturated heterocycles. The average Bonchev–Trinajstić information content (AvgIpc) is 2.81. The number of aromatic nitrogens is 2. The van der Waals surface area contributed by atoms with E-state index < -0.39 is 0 Å². The summed E-state index contributed by atoms with van der Waals surface area (Å²) in [6.07, 6.45) is 7.66. The number of piperidine rings is 1. The highest BCUT2D eigenvalue weighted by Crippen LogP contribution is 2.18. The summed E-state index contributed by atoms with van der Waals surface area (Å²) in [7, 11) is 0. The molecule has 0 radical (unpaired) electrons. The van der Waals surface area contributed by atoms with Gasteiger partial charge in [-0.25, -0.2) is 9.97 Å². The summed E-state index contributed by atoms with van der Waals surface area (Å²) in [6, 6.07) is 1.89. The third-order valence-corrected chi connectivity index (χ3v) is 4.99. The van der Waals surface area contributed by atoms with Gasteiger partial charge in [-0.05, 0) is 50.9 Å². The summed E-state index contributed by atoms with van der Waals surface area (Å²) < 4.78 is 0. The monoisotopic (exact) mass is 303 g/mol. The summed E-state index contributed by atoms with van der Waals surface area (Å²) >= 11 is 0. The van der Waals surface area contributed by atoms with E-state index in [9.17, 15) is 0 Å². The molecule has 1 aromatic heterocycles. The largest absolute Gasteiger partial charge is 0.339 e. The highest BCUT2D eigenvalue weighted by atomic mass is 15.3. The van der Waals surface area contributed by atoms with E-state index >= 15 is 0 Å². The first-order chi connectivity index (χ1) is 10.8. The van der Waals surface area contributed by atoms with E-state index in [-0.39, 0.29) is 0 Å². The molecule has 1 aromatic rings. The minimum absolute atomic E-state index is 0.855. The Morgan fingerprint density at radius 2 is 1.82 bits per heavy atom. The van der Waals surface area contributed by atoms with Gasteiger partial charge in [-0.2, -0.15) is 0 Å². The fraction of sp³-hybridized carbons (Fsp3) is 0.765. The van der Waals surface area contributed by atoms with Crippen LogP contribution in [0, 0.1) is 5.92 Å². The number of nitrogens with zero attached hydrogens (tertiary/aromatic N) is 5. The lowest BCUT2D eigenvalue weighted by molar-refractivity contribution is 0.140. The molecule has 3 heterocycles. The number of anilines is 1. The van der Waals surface area contributed by atoms with Crippen LogP contribution < -0.4 is 4.90 Å². The van der Waals surface area contributed by atoms with Crippen LogP contribution in [0.1, 0.15) is 26.2 Å². The van der Waals surface area contributed by atoms with E-state index in [0.717, 1.165) is 31.5 Å². The zero-order chi connectivity index (χ0) is 15.2. The quantitative estimate of drug-likeness (QED) is 0.846. The highest BCUT2D eigenvalue weighted by molar-refractivity contribution is 5.28. The SMILES string of the molecule is CCN1CCC[C@H](CN2CCCN(c3ncccn3)CC2)C1. The van der Waals surface area contributed by atoms with Crippen molar-refractivity contribution in [3.05, 3.63) is 18.5 Å². The molecule has 0 aliphatic carbocycles. The maximum atomic E-state index is 4.40. The Kier molecular flexibility index (Phi) is 5.62. The van der Waals surface area contributed by atoms with Crippen LogP contribution in [-0.4, -0.2) is 72.1 Å². The van der Waals surface area contributed by atoms with Gasteiger partial charge >= 0.3 is 0 Å². The fourth-order valence-corrected chi connectivity index (χ4v) is 3.76. The minimum atomic E-state index is 0.855. The predicted molar refractivity (Wildman–Crippen MR) is 90.1 cm³/mol. The van der Waals surface area contributed by atoms with Crippen molar-refractivity contribution in [2.24, 2.45) is 5.92 Å². The van der Waals surface area contributed by atoms with Crippen LogP contribution in [0.5, 0.6) is 0 Å². The summed E-state index contributed by atoms with van der Waals surface area (Å²) in [5.74, 6) is 1.74. The summed E-state index contributed by atoms with van der Waals surface area (Å²) in [4.78, 5) is 16.4. The summed E-state index contributed by atoms with van der Waals surface area (Å²) in [6.45, 7) is 11.8. The molecule has 0 amide bonds. The smallest absolute Gasteiger partial charge is 0.225 e. The standard InChI is InChI=1S/C17H29N5/c1-2-20-9-3-6-16(14-20)15-21-10-5-11-22(13-12-21)17-18-7-4-8-19-17/h4,7-8,16H,2-3,5-6,9-15H2,1H3/t16-/m0/s1. The maximum Gasteiger partial charge on any atom is 0.225 e. The fourth-order valence-electron chi connectivity index (χ4n) is 3.76. The van der Waals surface area contributed by atoms with Crippen molar-refractivity contribution in [1.82, 2.24) is 19.8 Å². The zero-order valence-corrected chi connectivity index (χ0v) is 13.8. The van der Waals surface area contributed by atoms with Crippen LogP contribution in [0.2, 0.25) is 0 Å². The molecule has 0 bridgehead atoms. The lowest BCUT2D eigenvalue weighted by Gasteiger charge is -2.34. The molecule has 5 heteroatoms. The molecular formula is C17H29N5. The Balaban J connectivity index is 1.50. The van der Waals surface area contributed by atoms with Crippen LogP contribution in [0.3, 0.4) is 0 Å². The van der Waals surface area contributed by atoms with Crippen molar-refractivity contribution in [3.63, 3.8) is 0 Å². The zero-order valence-electron chi connectivity index (χ0n) is 13.8. The molecule has 1 atom stereocenters. The molecule has 2 fully saturated rings. The number of rotatable bonds is 4. The van der Waals surface area contributed by atoms with E-state index in [2.05, 4.69) is 31.6 Å². The lowest BCUT2D eigenvalue weighted by atomic mass is 9.97. The Morgan fingerprint density at radius 3 is 2.64 bits per heavy atom. The van der Waals surface area contributed by atoms with Gasteiger partial charge in [-0.15, -0.1) is 0 Å². The predicted octanol–water partition coefficient (Wildman–Crippen LogP) is 1.72. The van der Waals surface area contributed by atoms with Gasteiger partial charge in [0.1, 0.15) is 0 Å². The van der Waals surface area contributed by atoms with Gasteiger partial charge in [-0.1, -0.05) is 6.92 Å². The first-order valence-electron chi connectivity index (χ1n) is 8.82. The van der Waals surface area contributed by atoms with Crippen LogP contribution >= 0.6 is 0 Å². The summed E-state index contributed by atoms with van der Waals surface area (Å²) in [5, 5.41) is 0. The van der Waals surface area contributed by atoms with E-state index in [4.69, 9.17) is 0 Å². The second-order valence-electron chi connectivity index (χ2n) is 6.59. The normalized spacial score (nSPS) is 25.1. The van der Waals surface area contributed by atoms with E-state index in [1.807, 2.05) is 18.5 Å². The summed E-state index contributed by atoms with van der Waals surface area (Å²) in [5.41, 5.74) is 0. The van der Waals surface area contributed by atoms with Gasteiger partial charge < -0.3 is 14.7 Å². The Hall–Kier alpha value is -1.20. The molecule has 0 saturated carbocycles. The molecule has 3 rings (SSSR count). The molecule has 0 aromatic carbocycles. The maximum absolute atomic E-state index is 4.40. The third-order valence-electron chi connectivity index (χ3n) is 4.99. The molecule has 0 spiro atoms. The molecule has 0 unspecified atom stereocenters. The lowest BCUT2D eigenvalue weighted by Crippen LogP contribution is -2.42. The van der Waals surface area contributed by atoms with Gasteiger partial charge in [-0.3, -0.25) is 0 Å². The van der Waals surface area contributed by atoms with Crippen LogP contribution in [-0.2, 0) is 0 Å². The molecule has 122 valence electrons. The molecule has 5 nitrogen and oxygen atoms in total. The van der Waals surface area contributed by atoms with E-state index in [1.54, 1.807) is 0 Å². The number of likely N-dealkylation sites (tertiary alicyclic amines) is 1. The minimum Gasteiger partial charge on any atom is -0.339 e. The third kappa shape index (κ3) is 4.17. The Morgan fingerprint density at radius 1 is 1.00 bits per heavy atom. The van der Waals surface area contributed by atoms with Crippen LogP contribution in [0.15, 0.2) is 18.5 Å². The van der Waals surface area contributed by atoms with Gasteiger partial charge in [0.05, 0.1) is 0 Å². The van der Waals surface area contributed by atoms with Gasteiger partial charge in [0.2, 0.25) is 5.95 Å². The second kappa shape index (κ2) is 7.88. The van der Waals surface area contributed by atoms with Crippen LogP contribution in [0.4, 0.5) is 5.95 Å². The molecule has 2 aliphatic heterocycles. The number of hydrogen-bond donors (Lipinski definition) is 0. The highest BCUT2D eigenvalue weighted by Gasteiger charge is 2.23. The first-order valence-corrected chi connectivity index (χ1v) is 8.82. The average molecular weight is 303 g/mol. The molecule has 22 heavy (non-hydrogen) atoms. The van der Waals surface area contributed by atoms with Gasteiger partial charge in [0, 0.05) is 45.1 Å². The van der Waals surface area contributed by atoms with Crippen LogP contribution in [0.25, 0.3) is 0 Å². The first kappa shape index (κ1) is 15.7. The van der Waals surface area contributed by atoms with Crippen molar-refractivity contribution < 1.29 is 0 Å². The van der Waals surface area contributed by atoms with Crippen molar-refractivity contribution in [3.8, 4) is 0 Å². The molecular weight excluding hydrogens is 274 g/mol. The van der Waals surface area contributed by atoms with Gasteiger partial charge in [0.15, 0.2) is 0 Å². The van der Waals surface area contributed by atoms with Gasteiger partial charge in [0.25, 0.3) is 0 Å². The second-order valence-corrected chi connectivity index (χ2v) is 6.59. The molecule has 0 N–H and O–H groups in total. The van der Waals surface area contributed by atoms with E-state index in [1.165, 1.54) is 52.0 Å². The number of hydrogen-bond acceptors (Lipinski definition) is 5. The van der Waals surface area contributed by atoms with Crippen molar-refractivity contribution in [1.29, 1.82) is 0 Å². The van der Waals surface area contributed by atoms with Crippen molar-refractivity contribution in [2.75, 3.05) is 57.3 Å². The van der Waals surface area contributed by atoms with Crippen molar-refractivity contribution >= 4 is 5.95 Å². The van der Waals surface area contributed by atoms with E-state index in [0.29, 0.717) is 0 Å². The topological polar surface area (TPSA) is 35.5 Å².